The summed E-state index contributed by atoms with van der Waals surface area (Å²) in [6.45, 7) is 1.62. The number of hydrogen-bond donors (Lipinski definition) is 1. The minimum atomic E-state index is -0.560. The highest BCUT2D eigenvalue weighted by Gasteiger charge is 2.25. The molecule has 2 aromatic rings. The van der Waals surface area contributed by atoms with Gasteiger partial charge in [0.15, 0.2) is 0 Å². The minimum Gasteiger partial charge on any atom is -0.496 e. The molecule has 1 heterocycles. The molecule has 0 spiro atoms. The molecule has 5 heteroatoms. The molecule has 0 saturated carbocycles. The number of hydrogen-bond acceptors (Lipinski definition) is 3. The fraction of sp³-hybridized carbons (Fsp3) is 0.286. The van der Waals surface area contributed by atoms with E-state index in [1.54, 1.807) is 27.1 Å². The minimum absolute atomic E-state index is 0.0308. The third-order valence-corrected chi connectivity index (χ3v) is 4.00. The van der Waals surface area contributed by atoms with Gasteiger partial charge in [0.25, 0.3) is 0 Å². The Morgan fingerprint density at radius 1 is 1.26 bits per heavy atom. The van der Waals surface area contributed by atoms with E-state index < -0.39 is 17.7 Å². The highest BCUT2D eigenvalue weighted by molar-refractivity contribution is 7.10. The van der Waals surface area contributed by atoms with Gasteiger partial charge in [-0.05, 0) is 37.0 Å². The van der Waals surface area contributed by atoms with Crippen LogP contribution < -0.4 is 10.1 Å². The first kappa shape index (κ1) is 14.0. The molecular formula is C14H15F2NOS. The number of benzene rings is 1. The molecule has 0 saturated heterocycles. The van der Waals surface area contributed by atoms with E-state index in [4.69, 9.17) is 4.74 Å². The third kappa shape index (κ3) is 2.48. The van der Waals surface area contributed by atoms with Gasteiger partial charge < -0.3 is 10.1 Å². The summed E-state index contributed by atoms with van der Waals surface area (Å²) in [5.74, 6) is -0.447. The van der Waals surface area contributed by atoms with E-state index in [0.29, 0.717) is 11.3 Å². The van der Waals surface area contributed by atoms with Crippen molar-refractivity contribution in [3.05, 3.63) is 51.2 Å². The predicted octanol–water partition coefficient (Wildman–Crippen LogP) is 3.65. The van der Waals surface area contributed by atoms with E-state index in [1.807, 2.05) is 5.38 Å². The van der Waals surface area contributed by atoms with Crippen LogP contribution >= 0.6 is 11.3 Å². The average Bonchev–Trinajstić information content (AvgIpc) is 2.87. The molecule has 0 aliphatic carbocycles. The maximum Gasteiger partial charge on any atom is 0.134 e. The van der Waals surface area contributed by atoms with Crippen LogP contribution in [0.15, 0.2) is 23.6 Å². The van der Waals surface area contributed by atoms with Crippen molar-refractivity contribution >= 4 is 11.3 Å². The molecule has 1 unspecified atom stereocenters. The summed E-state index contributed by atoms with van der Waals surface area (Å²) in [6.07, 6.45) is 0. The van der Waals surface area contributed by atoms with Crippen LogP contribution in [0.4, 0.5) is 8.78 Å². The van der Waals surface area contributed by atoms with Crippen molar-refractivity contribution < 1.29 is 13.5 Å². The Balaban J connectivity index is 2.58. The summed E-state index contributed by atoms with van der Waals surface area (Å²) in [4.78, 5) is 0.758. The Morgan fingerprint density at radius 2 is 2.00 bits per heavy atom. The van der Waals surface area contributed by atoms with Gasteiger partial charge >= 0.3 is 0 Å². The number of thiophene rings is 1. The van der Waals surface area contributed by atoms with E-state index in [0.717, 1.165) is 4.88 Å². The largest absolute Gasteiger partial charge is 0.496 e. The molecule has 1 aromatic carbocycles. The molecule has 0 fully saturated rings. The van der Waals surface area contributed by atoms with Crippen LogP contribution in [0.1, 0.15) is 22.0 Å². The lowest BCUT2D eigenvalue weighted by atomic mass is 10.0. The Morgan fingerprint density at radius 3 is 2.63 bits per heavy atom. The maximum absolute atomic E-state index is 14.2. The molecule has 0 aliphatic rings. The molecule has 0 aliphatic heterocycles. The van der Waals surface area contributed by atoms with Crippen molar-refractivity contribution in [3.8, 4) is 5.75 Å². The number of methoxy groups -OCH3 is 1. The van der Waals surface area contributed by atoms with Gasteiger partial charge in [0.05, 0.1) is 18.0 Å². The van der Waals surface area contributed by atoms with Gasteiger partial charge in [0.1, 0.15) is 17.4 Å². The second kappa shape index (κ2) is 5.67. The topological polar surface area (TPSA) is 21.3 Å². The lowest BCUT2D eigenvalue weighted by Crippen LogP contribution is -2.20. The molecule has 1 atom stereocenters. The predicted molar refractivity (Wildman–Crippen MR) is 72.9 cm³/mol. The van der Waals surface area contributed by atoms with E-state index >= 15 is 0 Å². The summed E-state index contributed by atoms with van der Waals surface area (Å²) in [6, 6.07) is 3.95. The first-order valence-electron chi connectivity index (χ1n) is 5.83. The van der Waals surface area contributed by atoms with Crippen LogP contribution in [0.2, 0.25) is 0 Å². The van der Waals surface area contributed by atoms with Crippen molar-refractivity contribution in [2.45, 2.75) is 13.0 Å². The number of nitrogens with one attached hydrogen (secondary N) is 1. The van der Waals surface area contributed by atoms with E-state index in [1.165, 1.54) is 23.5 Å². The standard InChI is InChI=1S/C14H15F2NOS/c1-8-4-5-9(15)11(12(8)16)13(17-2)14-10(18-3)6-7-19-14/h4-7,13,17H,1-3H3. The van der Waals surface area contributed by atoms with Gasteiger partial charge in [-0.25, -0.2) is 8.78 Å². The Labute approximate surface area is 115 Å². The zero-order chi connectivity index (χ0) is 14.0. The zero-order valence-electron chi connectivity index (χ0n) is 11.0. The molecule has 19 heavy (non-hydrogen) atoms. The second-order valence-corrected chi connectivity index (χ2v) is 5.11. The van der Waals surface area contributed by atoms with Crippen LogP contribution in [-0.4, -0.2) is 14.2 Å². The molecular weight excluding hydrogens is 268 g/mol. The third-order valence-electron chi connectivity index (χ3n) is 3.04. The molecule has 2 nitrogen and oxygen atoms in total. The normalized spacial score (nSPS) is 12.5. The van der Waals surface area contributed by atoms with E-state index in [-0.39, 0.29) is 5.56 Å². The van der Waals surface area contributed by atoms with Crippen molar-refractivity contribution in [2.24, 2.45) is 0 Å². The highest BCUT2D eigenvalue weighted by Crippen LogP contribution is 2.37. The summed E-state index contributed by atoms with van der Waals surface area (Å²) in [5, 5.41) is 4.79. The lowest BCUT2D eigenvalue weighted by molar-refractivity contribution is 0.406. The lowest BCUT2D eigenvalue weighted by Gasteiger charge is -2.19. The van der Waals surface area contributed by atoms with Gasteiger partial charge in [-0.1, -0.05) is 6.07 Å². The van der Waals surface area contributed by atoms with E-state index in [9.17, 15) is 8.78 Å². The smallest absolute Gasteiger partial charge is 0.134 e. The molecule has 0 radical (unpaired) electrons. The number of halogens is 2. The molecule has 1 N–H and O–H groups in total. The highest BCUT2D eigenvalue weighted by atomic mass is 32.1. The monoisotopic (exact) mass is 283 g/mol. The molecule has 0 bridgehead atoms. The summed E-state index contributed by atoms with van der Waals surface area (Å²) >= 11 is 1.40. The van der Waals surface area contributed by atoms with Crippen molar-refractivity contribution in [1.82, 2.24) is 5.32 Å². The maximum atomic E-state index is 14.2. The van der Waals surface area contributed by atoms with Crippen molar-refractivity contribution in [2.75, 3.05) is 14.2 Å². The summed E-state index contributed by atoms with van der Waals surface area (Å²) in [5.41, 5.74) is 0.454. The molecule has 0 amide bonds. The van der Waals surface area contributed by atoms with Crippen molar-refractivity contribution in [1.29, 1.82) is 0 Å². The number of rotatable bonds is 4. The SMILES string of the molecule is CNC(c1sccc1OC)c1c(F)ccc(C)c1F. The Kier molecular flexibility index (Phi) is 4.17. The van der Waals surface area contributed by atoms with E-state index in [2.05, 4.69) is 5.32 Å². The molecule has 2 rings (SSSR count). The summed E-state index contributed by atoms with van der Waals surface area (Å²) in [7, 11) is 3.21. The Hall–Kier alpha value is -1.46. The van der Waals surface area contributed by atoms with Crippen LogP contribution in [0.5, 0.6) is 5.75 Å². The van der Waals surface area contributed by atoms with Gasteiger partial charge in [0.2, 0.25) is 0 Å². The molecule has 102 valence electrons. The van der Waals surface area contributed by atoms with Gasteiger partial charge in [-0.3, -0.25) is 0 Å². The van der Waals surface area contributed by atoms with Crippen LogP contribution in [0.25, 0.3) is 0 Å². The van der Waals surface area contributed by atoms with Crippen molar-refractivity contribution in [3.63, 3.8) is 0 Å². The van der Waals surface area contributed by atoms with Gasteiger partial charge in [0, 0.05) is 5.56 Å². The zero-order valence-corrected chi connectivity index (χ0v) is 11.8. The van der Waals surface area contributed by atoms with Gasteiger partial charge in [-0.2, -0.15) is 0 Å². The number of ether oxygens (including phenoxy) is 1. The fourth-order valence-electron chi connectivity index (χ4n) is 2.04. The summed E-state index contributed by atoms with van der Waals surface area (Å²) < 4.78 is 33.4. The first-order valence-corrected chi connectivity index (χ1v) is 6.71. The van der Waals surface area contributed by atoms with Gasteiger partial charge in [-0.15, -0.1) is 11.3 Å². The fourth-order valence-corrected chi connectivity index (χ4v) is 3.02. The second-order valence-electron chi connectivity index (χ2n) is 4.17. The number of aryl methyl sites for hydroxylation is 1. The van der Waals surface area contributed by atoms with Crippen LogP contribution in [0, 0.1) is 18.6 Å². The quantitative estimate of drug-likeness (QED) is 0.924. The average molecular weight is 283 g/mol. The first-order chi connectivity index (χ1) is 9.10. The van der Waals surface area contributed by atoms with Crippen LogP contribution in [-0.2, 0) is 0 Å². The van der Waals surface area contributed by atoms with Crippen LogP contribution in [0.3, 0.4) is 0 Å². The molecule has 1 aromatic heterocycles. The Bertz CT molecular complexity index is 583.